The molecule has 5 nitrogen and oxygen atoms in total. The van der Waals surface area contributed by atoms with Crippen LogP contribution in [0.4, 0.5) is 13.2 Å². The van der Waals surface area contributed by atoms with Crippen LogP contribution in [0, 0.1) is 11.3 Å². The van der Waals surface area contributed by atoms with Crippen molar-refractivity contribution in [3.63, 3.8) is 0 Å². The smallest absolute Gasteiger partial charge is 0.416 e. The number of benzene rings is 3. The van der Waals surface area contributed by atoms with Crippen molar-refractivity contribution in [3.05, 3.63) is 106 Å². The predicted molar refractivity (Wildman–Crippen MR) is 123 cm³/mol. The molecule has 0 atom stereocenters. The van der Waals surface area contributed by atoms with Gasteiger partial charge in [-0.15, -0.1) is 0 Å². The molecule has 4 rings (SSSR count). The van der Waals surface area contributed by atoms with Crippen LogP contribution in [0.2, 0.25) is 0 Å². The molecule has 34 heavy (non-hydrogen) atoms. The Kier molecular flexibility index (Phi) is 6.70. The molecule has 0 aliphatic carbocycles. The normalized spacial score (nSPS) is 11.1. The average molecular weight is 479 g/mol. The van der Waals surface area contributed by atoms with Crippen molar-refractivity contribution >= 4 is 11.8 Å². The summed E-state index contributed by atoms with van der Waals surface area (Å²) in [6, 6.07) is 22.7. The minimum absolute atomic E-state index is 0.129. The van der Waals surface area contributed by atoms with E-state index in [9.17, 15) is 23.2 Å². The van der Waals surface area contributed by atoms with Crippen molar-refractivity contribution in [2.45, 2.75) is 17.1 Å². The highest BCUT2D eigenvalue weighted by Crippen LogP contribution is 2.31. The van der Waals surface area contributed by atoms with Crippen LogP contribution >= 0.6 is 11.8 Å². The second-order valence-electron chi connectivity index (χ2n) is 7.13. The fourth-order valence-corrected chi connectivity index (χ4v) is 3.90. The fraction of sp³-hybridized carbons (Fsp3) is 0.0800. The molecule has 1 heterocycles. The zero-order valence-electron chi connectivity index (χ0n) is 17.5. The Morgan fingerprint density at radius 1 is 0.941 bits per heavy atom. The minimum Gasteiger partial charge on any atom is -0.457 e. The van der Waals surface area contributed by atoms with Crippen LogP contribution in [-0.4, -0.2) is 9.97 Å². The van der Waals surface area contributed by atoms with Gasteiger partial charge in [-0.25, -0.2) is 4.98 Å². The standard InChI is InChI=1S/C25H16F3N3O2S/c26-25(27,28)18-10-6-16(7-11-18)15-34-24-30-22(21(14-29)23(32)31-24)17-8-12-20(13-9-17)33-19-4-2-1-3-5-19/h1-13H,15H2,(H,30,31,32). The van der Waals surface area contributed by atoms with Crippen molar-refractivity contribution in [3.8, 4) is 28.8 Å². The Bertz CT molecular complexity index is 1380. The molecular weight excluding hydrogens is 463 g/mol. The van der Waals surface area contributed by atoms with Crippen molar-refractivity contribution in [2.24, 2.45) is 0 Å². The van der Waals surface area contributed by atoms with Gasteiger partial charge in [0.15, 0.2) is 5.16 Å². The van der Waals surface area contributed by atoms with Crippen molar-refractivity contribution in [2.75, 3.05) is 0 Å². The number of aromatic nitrogens is 2. The molecule has 170 valence electrons. The first-order valence-corrected chi connectivity index (χ1v) is 11.0. The molecule has 3 aromatic carbocycles. The van der Waals surface area contributed by atoms with E-state index in [2.05, 4.69) is 9.97 Å². The summed E-state index contributed by atoms with van der Waals surface area (Å²) in [6.45, 7) is 0. The highest BCUT2D eigenvalue weighted by molar-refractivity contribution is 7.98. The van der Waals surface area contributed by atoms with Crippen molar-refractivity contribution < 1.29 is 17.9 Å². The lowest BCUT2D eigenvalue weighted by Crippen LogP contribution is -2.14. The molecule has 4 aromatic rings. The Morgan fingerprint density at radius 2 is 1.59 bits per heavy atom. The van der Waals surface area contributed by atoms with Gasteiger partial charge in [-0.2, -0.15) is 18.4 Å². The quantitative estimate of drug-likeness (QED) is 0.255. The number of nitrogens with one attached hydrogen (secondary N) is 1. The number of hydrogen-bond acceptors (Lipinski definition) is 5. The highest BCUT2D eigenvalue weighted by atomic mass is 32.2. The van der Waals surface area contributed by atoms with Crippen LogP contribution < -0.4 is 10.3 Å². The van der Waals surface area contributed by atoms with E-state index in [4.69, 9.17) is 4.74 Å². The predicted octanol–water partition coefficient (Wildman–Crippen LogP) is 6.41. The lowest BCUT2D eigenvalue weighted by Gasteiger charge is -2.09. The van der Waals surface area contributed by atoms with E-state index in [1.807, 2.05) is 36.4 Å². The van der Waals surface area contributed by atoms with E-state index < -0.39 is 17.3 Å². The molecule has 0 saturated carbocycles. The number of para-hydroxylation sites is 1. The van der Waals surface area contributed by atoms with E-state index >= 15 is 0 Å². The summed E-state index contributed by atoms with van der Waals surface area (Å²) in [6.07, 6.45) is -4.40. The van der Waals surface area contributed by atoms with Gasteiger partial charge in [-0.05, 0) is 54.1 Å². The third-order valence-corrected chi connectivity index (χ3v) is 5.72. The maximum atomic E-state index is 12.7. The van der Waals surface area contributed by atoms with Crippen LogP contribution in [-0.2, 0) is 11.9 Å². The number of halogens is 3. The van der Waals surface area contributed by atoms with Gasteiger partial charge in [-0.1, -0.05) is 42.1 Å². The van der Waals surface area contributed by atoms with Crippen molar-refractivity contribution in [1.82, 2.24) is 9.97 Å². The summed E-state index contributed by atoms with van der Waals surface area (Å²) in [4.78, 5) is 19.4. The van der Waals surface area contributed by atoms with Gasteiger partial charge < -0.3 is 9.72 Å². The summed E-state index contributed by atoms with van der Waals surface area (Å²) in [5, 5.41) is 9.72. The van der Waals surface area contributed by atoms with Gasteiger partial charge >= 0.3 is 6.18 Å². The fourth-order valence-electron chi connectivity index (χ4n) is 3.08. The average Bonchev–Trinajstić information content (AvgIpc) is 2.83. The van der Waals surface area contributed by atoms with Gasteiger partial charge in [0.2, 0.25) is 0 Å². The molecule has 1 N–H and O–H groups in total. The SMILES string of the molecule is N#Cc1c(-c2ccc(Oc3ccccc3)cc2)nc(SCc2ccc(C(F)(F)F)cc2)[nH]c1=O. The minimum atomic E-state index is -4.40. The van der Waals surface area contributed by atoms with Gasteiger partial charge in [-0.3, -0.25) is 4.79 Å². The molecule has 0 fully saturated rings. The Hall–Kier alpha value is -4.03. The summed E-state index contributed by atoms with van der Waals surface area (Å²) < 4.78 is 44.0. The van der Waals surface area contributed by atoms with Crippen LogP contribution in [0.1, 0.15) is 16.7 Å². The summed E-state index contributed by atoms with van der Waals surface area (Å²) in [7, 11) is 0. The second kappa shape index (κ2) is 9.85. The van der Waals surface area contributed by atoms with Crippen LogP contribution in [0.3, 0.4) is 0 Å². The van der Waals surface area contributed by atoms with E-state index in [-0.39, 0.29) is 22.2 Å². The zero-order chi connectivity index (χ0) is 24.1. The van der Waals surface area contributed by atoms with E-state index in [1.165, 1.54) is 12.1 Å². The topological polar surface area (TPSA) is 78.8 Å². The summed E-state index contributed by atoms with van der Waals surface area (Å²) in [5.41, 5.74) is -0.0448. The molecule has 0 bridgehead atoms. The third-order valence-electron chi connectivity index (χ3n) is 4.77. The lowest BCUT2D eigenvalue weighted by molar-refractivity contribution is -0.137. The number of nitriles is 1. The molecule has 0 unspecified atom stereocenters. The Morgan fingerprint density at radius 3 is 2.21 bits per heavy atom. The molecule has 9 heteroatoms. The molecule has 0 amide bonds. The number of thioether (sulfide) groups is 1. The number of H-pyrrole nitrogens is 1. The summed E-state index contributed by atoms with van der Waals surface area (Å²) >= 11 is 1.15. The zero-order valence-corrected chi connectivity index (χ0v) is 18.3. The maximum Gasteiger partial charge on any atom is 0.416 e. The molecule has 0 aliphatic rings. The van der Waals surface area contributed by atoms with E-state index in [0.29, 0.717) is 22.6 Å². The number of ether oxygens (including phenoxy) is 1. The van der Waals surface area contributed by atoms with Crippen LogP contribution in [0.5, 0.6) is 11.5 Å². The first kappa shape index (κ1) is 23.1. The number of alkyl halides is 3. The number of rotatable bonds is 6. The van der Waals surface area contributed by atoms with Gasteiger partial charge in [0.1, 0.15) is 23.1 Å². The third kappa shape index (κ3) is 5.47. The monoisotopic (exact) mass is 479 g/mol. The van der Waals surface area contributed by atoms with Gasteiger partial charge in [0.25, 0.3) is 5.56 Å². The molecule has 0 radical (unpaired) electrons. The molecular formula is C25H16F3N3O2S. The lowest BCUT2D eigenvalue weighted by atomic mass is 10.1. The van der Waals surface area contributed by atoms with Crippen LogP contribution in [0.25, 0.3) is 11.3 Å². The molecule has 1 aromatic heterocycles. The summed E-state index contributed by atoms with van der Waals surface area (Å²) in [5.74, 6) is 1.54. The number of hydrogen-bond donors (Lipinski definition) is 1. The first-order valence-electron chi connectivity index (χ1n) is 10.00. The Labute approximate surface area is 196 Å². The Balaban J connectivity index is 1.54. The van der Waals surface area contributed by atoms with E-state index in [0.717, 1.165) is 23.9 Å². The highest BCUT2D eigenvalue weighted by Gasteiger charge is 2.29. The number of aromatic amines is 1. The van der Waals surface area contributed by atoms with Gasteiger partial charge in [0.05, 0.1) is 11.3 Å². The molecule has 0 saturated heterocycles. The van der Waals surface area contributed by atoms with Crippen LogP contribution in [0.15, 0.2) is 88.8 Å². The van der Waals surface area contributed by atoms with E-state index in [1.54, 1.807) is 24.3 Å². The molecule has 0 aliphatic heterocycles. The maximum absolute atomic E-state index is 12.7. The number of nitrogens with zero attached hydrogens (tertiary/aromatic N) is 2. The molecule has 0 spiro atoms. The second-order valence-corrected chi connectivity index (χ2v) is 8.09. The van der Waals surface area contributed by atoms with Gasteiger partial charge in [0, 0.05) is 11.3 Å². The first-order chi connectivity index (χ1) is 16.3. The van der Waals surface area contributed by atoms with Crippen molar-refractivity contribution in [1.29, 1.82) is 5.26 Å². The largest absolute Gasteiger partial charge is 0.457 e.